The number of ether oxygens (including phenoxy) is 1. The van der Waals surface area contributed by atoms with Gasteiger partial charge in [0.05, 0.1) is 26.6 Å². The Bertz CT molecular complexity index is 538. The van der Waals surface area contributed by atoms with E-state index in [0.29, 0.717) is 20.6 Å². The minimum Gasteiger partial charge on any atom is -0.425 e. The molecule has 2 rings (SSSR count). The van der Waals surface area contributed by atoms with Crippen LogP contribution in [0.25, 0.3) is 10.9 Å². The van der Waals surface area contributed by atoms with Crippen molar-refractivity contribution in [1.29, 1.82) is 0 Å². The summed E-state index contributed by atoms with van der Waals surface area (Å²) in [5, 5.41) is 7.78. The Hall–Kier alpha value is -1.07. The van der Waals surface area contributed by atoms with Crippen molar-refractivity contribution in [3.63, 3.8) is 0 Å². The smallest absolute Gasteiger partial charge is 0.308 e. The van der Waals surface area contributed by atoms with Crippen molar-refractivity contribution in [3.8, 4) is 5.75 Å². The van der Waals surface area contributed by atoms with E-state index in [1.165, 1.54) is 6.92 Å². The van der Waals surface area contributed by atoms with Crippen LogP contribution >= 0.6 is 27.5 Å². The van der Waals surface area contributed by atoms with Gasteiger partial charge in [0.25, 0.3) is 0 Å². The van der Waals surface area contributed by atoms with Crippen LogP contribution in [-0.4, -0.2) is 16.2 Å². The molecule has 0 unspecified atom stereocenters. The molecule has 1 N–H and O–H groups in total. The predicted octanol–water partition coefficient (Wildman–Crippen LogP) is 2.90. The number of aromatic nitrogens is 2. The van der Waals surface area contributed by atoms with Crippen LogP contribution in [0, 0.1) is 0 Å². The Balaban J connectivity index is 2.71. The summed E-state index contributed by atoms with van der Waals surface area (Å²) in [5.41, 5.74) is 0.722. The molecule has 0 saturated carbocycles. The molecule has 1 aromatic carbocycles. The summed E-state index contributed by atoms with van der Waals surface area (Å²) >= 11 is 9.21. The SMILES string of the molecule is CC(=O)Oc1c(Br)c(Cl)cc2[nH]ncc12. The number of hydrogen-bond acceptors (Lipinski definition) is 3. The normalized spacial score (nSPS) is 10.6. The average molecular weight is 290 g/mol. The standard InChI is InChI=1S/C9H6BrClN2O2/c1-4(14)15-9-5-3-12-13-7(5)2-6(11)8(9)10/h2-3H,1H3,(H,12,13). The lowest BCUT2D eigenvalue weighted by Crippen LogP contribution is -2.02. The van der Waals surface area contributed by atoms with E-state index in [-0.39, 0.29) is 0 Å². The number of esters is 1. The summed E-state index contributed by atoms with van der Waals surface area (Å²) in [5.74, 6) is -0.0146. The van der Waals surface area contributed by atoms with E-state index in [2.05, 4.69) is 26.1 Å². The Morgan fingerprint density at radius 2 is 2.40 bits per heavy atom. The van der Waals surface area contributed by atoms with Crippen LogP contribution in [0.4, 0.5) is 0 Å². The number of benzene rings is 1. The molecule has 0 aliphatic rings. The summed E-state index contributed by atoms with van der Waals surface area (Å²) in [6.45, 7) is 1.33. The first-order chi connectivity index (χ1) is 7.09. The van der Waals surface area contributed by atoms with Crippen molar-refractivity contribution in [2.75, 3.05) is 0 Å². The quantitative estimate of drug-likeness (QED) is 0.649. The van der Waals surface area contributed by atoms with E-state index < -0.39 is 5.97 Å². The van der Waals surface area contributed by atoms with Gasteiger partial charge in [0.1, 0.15) is 0 Å². The molecule has 0 fully saturated rings. The van der Waals surface area contributed by atoms with Crippen molar-refractivity contribution in [2.45, 2.75) is 6.92 Å². The minimum absolute atomic E-state index is 0.388. The molecule has 2 aromatic rings. The zero-order valence-electron chi connectivity index (χ0n) is 7.67. The lowest BCUT2D eigenvalue weighted by Gasteiger charge is -2.06. The third-order valence-electron chi connectivity index (χ3n) is 1.84. The van der Waals surface area contributed by atoms with Gasteiger partial charge in [-0.2, -0.15) is 5.10 Å². The molecule has 15 heavy (non-hydrogen) atoms. The summed E-state index contributed by atoms with van der Waals surface area (Å²) in [6.07, 6.45) is 1.58. The molecular formula is C9H6BrClN2O2. The second kappa shape index (κ2) is 3.83. The van der Waals surface area contributed by atoms with Gasteiger partial charge >= 0.3 is 5.97 Å². The van der Waals surface area contributed by atoms with Gasteiger partial charge < -0.3 is 4.74 Å². The molecule has 1 heterocycles. The van der Waals surface area contributed by atoms with Gasteiger partial charge in [-0.15, -0.1) is 0 Å². The highest BCUT2D eigenvalue weighted by Gasteiger charge is 2.14. The second-order valence-electron chi connectivity index (χ2n) is 2.93. The maximum absolute atomic E-state index is 10.9. The monoisotopic (exact) mass is 288 g/mol. The molecular weight excluding hydrogens is 283 g/mol. The van der Waals surface area contributed by atoms with E-state index in [9.17, 15) is 4.79 Å². The molecule has 0 aliphatic carbocycles. The molecule has 0 spiro atoms. The van der Waals surface area contributed by atoms with E-state index in [1.54, 1.807) is 12.3 Å². The van der Waals surface area contributed by atoms with Crippen LogP contribution in [-0.2, 0) is 4.79 Å². The van der Waals surface area contributed by atoms with Crippen LogP contribution in [0.15, 0.2) is 16.7 Å². The second-order valence-corrected chi connectivity index (χ2v) is 4.13. The fourth-order valence-electron chi connectivity index (χ4n) is 1.25. The van der Waals surface area contributed by atoms with Gasteiger partial charge in [0.2, 0.25) is 0 Å². The van der Waals surface area contributed by atoms with E-state index in [0.717, 1.165) is 5.52 Å². The maximum Gasteiger partial charge on any atom is 0.308 e. The van der Waals surface area contributed by atoms with Crippen LogP contribution in [0.3, 0.4) is 0 Å². The number of carbonyl (C=O) groups excluding carboxylic acids is 1. The number of halogens is 2. The number of nitrogens with one attached hydrogen (secondary N) is 1. The number of carbonyl (C=O) groups is 1. The summed E-state index contributed by atoms with van der Waals surface area (Å²) in [7, 11) is 0. The van der Waals surface area contributed by atoms with Crippen molar-refractivity contribution < 1.29 is 9.53 Å². The third-order valence-corrected chi connectivity index (χ3v) is 3.15. The highest BCUT2D eigenvalue weighted by atomic mass is 79.9. The molecule has 0 amide bonds. The van der Waals surface area contributed by atoms with Crippen LogP contribution < -0.4 is 4.74 Å². The van der Waals surface area contributed by atoms with Gasteiger partial charge in [0, 0.05) is 6.92 Å². The molecule has 78 valence electrons. The number of hydrogen-bond donors (Lipinski definition) is 1. The Labute approximate surface area is 98.7 Å². The molecule has 0 bridgehead atoms. The first-order valence-corrected chi connectivity index (χ1v) is 5.26. The van der Waals surface area contributed by atoms with Gasteiger partial charge in [-0.3, -0.25) is 9.89 Å². The van der Waals surface area contributed by atoms with Crippen LogP contribution in [0.1, 0.15) is 6.92 Å². The van der Waals surface area contributed by atoms with Crippen molar-refractivity contribution in [2.24, 2.45) is 0 Å². The third kappa shape index (κ3) is 1.85. The summed E-state index contributed by atoms with van der Waals surface area (Å²) in [4.78, 5) is 10.9. The topological polar surface area (TPSA) is 55.0 Å². The maximum atomic E-state index is 10.9. The van der Waals surface area contributed by atoms with Gasteiger partial charge in [0.15, 0.2) is 5.75 Å². The number of rotatable bonds is 1. The van der Waals surface area contributed by atoms with E-state index >= 15 is 0 Å². The fraction of sp³-hybridized carbons (Fsp3) is 0.111. The van der Waals surface area contributed by atoms with E-state index in [1.807, 2.05) is 0 Å². The Morgan fingerprint density at radius 1 is 1.67 bits per heavy atom. The highest BCUT2D eigenvalue weighted by molar-refractivity contribution is 9.10. The van der Waals surface area contributed by atoms with Crippen LogP contribution in [0.5, 0.6) is 5.75 Å². The van der Waals surface area contributed by atoms with Crippen LogP contribution in [0.2, 0.25) is 5.02 Å². The number of aromatic amines is 1. The lowest BCUT2D eigenvalue weighted by atomic mass is 10.2. The average Bonchev–Trinajstić information content (AvgIpc) is 2.59. The largest absolute Gasteiger partial charge is 0.425 e. The summed E-state index contributed by atoms with van der Waals surface area (Å²) < 4.78 is 5.62. The minimum atomic E-state index is -0.402. The molecule has 0 radical (unpaired) electrons. The van der Waals surface area contributed by atoms with Gasteiger partial charge in [-0.25, -0.2) is 0 Å². The van der Waals surface area contributed by atoms with E-state index in [4.69, 9.17) is 16.3 Å². The molecule has 1 aromatic heterocycles. The number of nitrogens with zero attached hydrogens (tertiary/aromatic N) is 1. The van der Waals surface area contributed by atoms with Crippen molar-refractivity contribution in [1.82, 2.24) is 10.2 Å². The highest BCUT2D eigenvalue weighted by Crippen LogP contribution is 2.38. The predicted molar refractivity (Wildman–Crippen MR) is 60.1 cm³/mol. The summed E-state index contributed by atoms with van der Waals surface area (Å²) in [6, 6.07) is 1.71. The number of fused-ring (bicyclic) bond motifs is 1. The Kier molecular flexibility index (Phi) is 2.67. The first-order valence-electron chi connectivity index (χ1n) is 4.09. The van der Waals surface area contributed by atoms with Gasteiger partial charge in [-0.1, -0.05) is 11.6 Å². The number of H-pyrrole nitrogens is 1. The molecule has 0 aliphatic heterocycles. The van der Waals surface area contributed by atoms with Crippen molar-refractivity contribution >= 4 is 44.4 Å². The fourth-order valence-corrected chi connectivity index (χ4v) is 1.85. The zero-order valence-corrected chi connectivity index (χ0v) is 10.0. The van der Waals surface area contributed by atoms with Crippen molar-refractivity contribution in [3.05, 3.63) is 21.8 Å². The molecule has 0 saturated heterocycles. The Morgan fingerprint density at radius 3 is 3.07 bits per heavy atom. The zero-order chi connectivity index (χ0) is 11.0. The lowest BCUT2D eigenvalue weighted by molar-refractivity contribution is -0.131. The van der Waals surface area contributed by atoms with Gasteiger partial charge in [-0.05, 0) is 22.0 Å². The molecule has 0 atom stereocenters. The molecule has 4 nitrogen and oxygen atoms in total. The first kappa shape index (κ1) is 10.4. The molecule has 6 heteroatoms.